The molecular formula is C12H24N2O2. The van der Waals surface area contributed by atoms with Gasteiger partial charge in [0.05, 0.1) is 6.42 Å². The third-order valence-electron chi connectivity index (χ3n) is 3.25. The maximum absolute atomic E-state index is 10.9. The molecule has 0 aromatic carbocycles. The van der Waals surface area contributed by atoms with Gasteiger partial charge in [0, 0.05) is 32.7 Å². The Morgan fingerprint density at radius 1 is 1.44 bits per heavy atom. The van der Waals surface area contributed by atoms with Crippen LogP contribution in [0.15, 0.2) is 0 Å². The van der Waals surface area contributed by atoms with Gasteiger partial charge in [-0.15, -0.1) is 0 Å². The number of piperazine rings is 1. The maximum Gasteiger partial charge on any atom is 0.303 e. The first-order chi connectivity index (χ1) is 7.56. The zero-order valence-electron chi connectivity index (χ0n) is 10.5. The molecule has 0 bridgehead atoms. The highest BCUT2D eigenvalue weighted by Crippen LogP contribution is 2.29. The van der Waals surface area contributed by atoms with Gasteiger partial charge in [0.15, 0.2) is 0 Å². The van der Waals surface area contributed by atoms with Crippen molar-refractivity contribution in [2.45, 2.75) is 33.1 Å². The smallest absolute Gasteiger partial charge is 0.303 e. The summed E-state index contributed by atoms with van der Waals surface area (Å²) < 4.78 is 0. The summed E-state index contributed by atoms with van der Waals surface area (Å²) in [6, 6.07) is 0. The van der Waals surface area contributed by atoms with E-state index in [1.807, 2.05) is 0 Å². The fourth-order valence-corrected chi connectivity index (χ4v) is 2.60. The average molecular weight is 228 g/mol. The van der Waals surface area contributed by atoms with E-state index in [4.69, 9.17) is 5.11 Å². The second-order valence-corrected chi connectivity index (χ2v) is 5.16. The van der Waals surface area contributed by atoms with Crippen molar-refractivity contribution in [1.29, 1.82) is 0 Å². The van der Waals surface area contributed by atoms with Crippen molar-refractivity contribution in [3.63, 3.8) is 0 Å². The highest BCUT2D eigenvalue weighted by molar-refractivity contribution is 5.67. The predicted octanol–water partition coefficient (Wildman–Crippen LogP) is 1.17. The topological polar surface area (TPSA) is 52.6 Å². The Bertz CT molecular complexity index is 227. The van der Waals surface area contributed by atoms with Gasteiger partial charge in [-0.2, -0.15) is 0 Å². The van der Waals surface area contributed by atoms with Crippen molar-refractivity contribution in [3.8, 4) is 0 Å². The lowest BCUT2D eigenvalue weighted by atomic mass is 9.81. The lowest BCUT2D eigenvalue weighted by molar-refractivity contribution is -0.140. The molecule has 1 heterocycles. The number of carboxylic acids is 1. The fraction of sp³-hybridized carbons (Fsp3) is 0.917. The van der Waals surface area contributed by atoms with Crippen LogP contribution < -0.4 is 5.32 Å². The van der Waals surface area contributed by atoms with Crippen molar-refractivity contribution >= 4 is 5.97 Å². The average Bonchev–Trinajstić information content (AvgIpc) is 2.17. The van der Waals surface area contributed by atoms with Crippen LogP contribution in [0.2, 0.25) is 0 Å². The van der Waals surface area contributed by atoms with Crippen LogP contribution in [-0.4, -0.2) is 48.7 Å². The summed E-state index contributed by atoms with van der Waals surface area (Å²) in [6.45, 7) is 9.27. The molecule has 0 saturated carbocycles. The van der Waals surface area contributed by atoms with Crippen molar-refractivity contribution in [2.24, 2.45) is 5.41 Å². The van der Waals surface area contributed by atoms with Crippen molar-refractivity contribution < 1.29 is 9.90 Å². The number of aliphatic carboxylic acids is 1. The van der Waals surface area contributed by atoms with Gasteiger partial charge in [0.1, 0.15) is 0 Å². The van der Waals surface area contributed by atoms with Crippen molar-refractivity contribution in [2.75, 3.05) is 32.7 Å². The monoisotopic (exact) mass is 228 g/mol. The molecule has 1 aliphatic rings. The van der Waals surface area contributed by atoms with Crippen molar-refractivity contribution in [3.05, 3.63) is 0 Å². The zero-order valence-corrected chi connectivity index (χ0v) is 10.5. The number of nitrogens with one attached hydrogen (secondary N) is 1. The minimum absolute atomic E-state index is 0.0715. The molecule has 94 valence electrons. The molecule has 0 radical (unpaired) electrons. The number of carbonyl (C=O) groups is 1. The van der Waals surface area contributed by atoms with E-state index < -0.39 is 5.97 Å². The lowest BCUT2D eigenvalue weighted by Crippen LogP contribution is -2.47. The Balaban J connectivity index is 2.50. The van der Waals surface area contributed by atoms with Crippen LogP contribution in [0.3, 0.4) is 0 Å². The normalized spacial score (nSPS) is 21.6. The van der Waals surface area contributed by atoms with Gasteiger partial charge in [0.25, 0.3) is 0 Å². The summed E-state index contributed by atoms with van der Waals surface area (Å²) in [6.07, 6.45) is 2.32. The van der Waals surface area contributed by atoms with Gasteiger partial charge in [-0.3, -0.25) is 4.79 Å². The number of carboxylic acid groups (broad SMARTS) is 1. The predicted molar refractivity (Wildman–Crippen MR) is 64.6 cm³/mol. The molecule has 0 aliphatic carbocycles. The van der Waals surface area contributed by atoms with E-state index in [0.29, 0.717) is 0 Å². The van der Waals surface area contributed by atoms with E-state index in [-0.39, 0.29) is 11.8 Å². The van der Waals surface area contributed by atoms with Gasteiger partial charge in [0.2, 0.25) is 0 Å². The maximum atomic E-state index is 10.9. The van der Waals surface area contributed by atoms with Crippen molar-refractivity contribution in [1.82, 2.24) is 10.2 Å². The number of rotatable bonds is 6. The number of nitrogens with zero attached hydrogens (tertiary/aromatic N) is 1. The quantitative estimate of drug-likeness (QED) is 0.716. The van der Waals surface area contributed by atoms with Crippen LogP contribution in [-0.2, 0) is 4.79 Å². The molecule has 0 spiro atoms. The molecule has 1 rings (SSSR count). The van der Waals surface area contributed by atoms with Gasteiger partial charge in [-0.25, -0.2) is 0 Å². The molecule has 1 saturated heterocycles. The highest BCUT2D eigenvalue weighted by Gasteiger charge is 2.29. The number of hydrogen-bond donors (Lipinski definition) is 2. The Hall–Kier alpha value is -0.610. The second-order valence-electron chi connectivity index (χ2n) is 5.16. The highest BCUT2D eigenvalue weighted by atomic mass is 16.4. The van der Waals surface area contributed by atoms with E-state index in [1.54, 1.807) is 0 Å². The first-order valence-electron chi connectivity index (χ1n) is 6.20. The third kappa shape index (κ3) is 4.49. The van der Waals surface area contributed by atoms with Crippen LogP contribution in [0, 0.1) is 5.41 Å². The summed E-state index contributed by atoms with van der Waals surface area (Å²) in [4.78, 5) is 13.3. The Labute approximate surface area is 98.0 Å². The number of hydrogen-bond acceptors (Lipinski definition) is 3. The van der Waals surface area contributed by atoms with Crippen LogP contribution in [0.25, 0.3) is 0 Å². The molecule has 2 N–H and O–H groups in total. The summed E-state index contributed by atoms with van der Waals surface area (Å²) in [5.41, 5.74) is -0.0715. The van der Waals surface area contributed by atoms with Crippen LogP contribution in [0.1, 0.15) is 33.1 Å². The fourth-order valence-electron chi connectivity index (χ4n) is 2.60. The Morgan fingerprint density at radius 2 is 2.06 bits per heavy atom. The summed E-state index contributed by atoms with van der Waals surface area (Å²) in [5, 5.41) is 12.3. The van der Waals surface area contributed by atoms with Gasteiger partial charge in [-0.05, 0) is 11.8 Å². The largest absolute Gasteiger partial charge is 0.481 e. The van der Waals surface area contributed by atoms with E-state index in [1.165, 1.54) is 0 Å². The molecule has 16 heavy (non-hydrogen) atoms. The molecule has 1 unspecified atom stereocenters. The van der Waals surface area contributed by atoms with Gasteiger partial charge < -0.3 is 15.3 Å². The van der Waals surface area contributed by atoms with Gasteiger partial charge in [-0.1, -0.05) is 20.3 Å². The summed E-state index contributed by atoms with van der Waals surface area (Å²) in [7, 11) is 0. The van der Waals surface area contributed by atoms with E-state index in [9.17, 15) is 4.79 Å². The molecular weight excluding hydrogens is 204 g/mol. The first-order valence-corrected chi connectivity index (χ1v) is 6.20. The molecule has 0 amide bonds. The van der Waals surface area contributed by atoms with E-state index >= 15 is 0 Å². The Kier molecular flexibility index (Phi) is 5.22. The Morgan fingerprint density at radius 3 is 2.56 bits per heavy atom. The molecule has 4 heteroatoms. The lowest BCUT2D eigenvalue weighted by Gasteiger charge is -2.36. The first kappa shape index (κ1) is 13.5. The second kappa shape index (κ2) is 6.21. The van der Waals surface area contributed by atoms with Crippen LogP contribution in [0.5, 0.6) is 0 Å². The van der Waals surface area contributed by atoms with Crippen LogP contribution in [0.4, 0.5) is 0 Å². The molecule has 4 nitrogen and oxygen atoms in total. The van der Waals surface area contributed by atoms with E-state index in [0.717, 1.165) is 45.6 Å². The van der Waals surface area contributed by atoms with E-state index in [2.05, 4.69) is 24.1 Å². The van der Waals surface area contributed by atoms with Gasteiger partial charge >= 0.3 is 5.97 Å². The summed E-state index contributed by atoms with van der Waals surface area (Å²) >= 11 is 0. The van der Waals surface area contributed by atoms with Crippen LogP contribution >= 0.6 is 0 Å². The third-order valence-corrected chi connectivity index (χ3v) is 3.25. The molecule has 1 fully saturated rings. The molecule has 0 aromatic rings. The molecule has 1 aliphatic heterocycles. The zero-order chi connectivity index (χ0) is 12.0. The SMILES string of the molecule is CCCC(C)(CC(=O)O)CN1CCNCC1. The molecule has 0 aromatic heterocycles. The minimum Gasteiger partial charge on any atom is -0.481 e. The standard InChI is InChI=1S/C12H24N2O2/c1-3-4-12(2,9-11(15)16)10-14-7-5-13-6-8-14/h13H,3-10H2,1-2H3,(H,15,16). The summed E-state index contributed by atoms with van der Waals surface area (Å²) in [5.74, 6) is -0.675. The molecule has 1 atom stereocenters. The minimum atomic E-state index is -0.675.